The number of aryl methyl sites for hydroxylation is 1. The van der Waals surface area contributed by atoms with Crippen molar-refractivity contribution >= 4 is 0 Å². The maximum absolute atomic E-state index is 5.90. The van der Waals surface area contributed by atoms with E-state index in [4.69, 9.17) is 10.5 Å². The van der Waals surface area contributed by atoms with Crippen LogP contribution in [0.1, 0.15) is 50.7 Å². The first-order chi connectivity index (χ1) is 8.71. The predicted molar refractivity (Wildman–Crippen MR) is 77.9 cm³/mol. The van der Waals surface area contributed by atoms with Gasteiger partial charge in [0.15, 0.2) is 0 Å². The molecule has 0 saturated heterocycles. The minimum Gasteiger partial charge on any atom is -0.493 e. The molecule has 0 aliphatic heterocycles. The van der Waals surface area contributed by atoms with Gasteiger partial charge in [0.25, 0.3) is 0 Å². The number of unbranched alkanes of at least 4 members (excludes halogenated alkanes) is 1. The van der Waals surface area contributed by atoms with Gasteiger partial charge >= 0.3 is 0 Å². The highest BCUT2D eigenvalue weighted by atomic mass is 16.5. The second-order valence-corrected chi connectivity index (χ2v) is 5.02. The average Bonchev–Trinajstić information content (AvgIpc) is 2.39. The summed E-state index contributed by atoms with van der Waals surface area (Å²) in [6.07, 6.45) is 5.03. The van der Waals surface area contributed by atoms with Crippen LogP contribution in [-0.2, 0) is 6.54 Å². The molecule has 1 aromatic carbocycles. The largest absolute Gasteiger partial charge is 0.493 e. The van der Waals surface area contributed by atoms with Crippen molar-refractivity contribution in [1.82, 2.24) is 0 Å². The number of nitrogens with two attached hydrogens (primary N) is 1. The van der Waals surface area contributed by atoms with Gasteiger partial charge in [0.05, 0.1) is 6.61 Å². The van der Waals surface area contributed by atoms with Gasteiger partial charge in [-0.05, 0) is 42.5 Å². The number of rotatable bonds is 8. The lowest BCUT2D eigenvalue weighted by Gasteiger charge is -2.16. The second-order valence-electron chi connectivity index (χ2n) is 5.02. The molecule has 1 atom stereocenters. The fraction of sp³-hybridized carbons (Fsp3) is 0.625. The maximum atomic E-state index is 5.90. The van der Waals surface area contributed by atoms with E-state index in [1.165, 1.54) is 36.8 Å². The van der Waals surface area contributed by atoms with E-state index in [-0.39, 0.29) is 0 Å². The molecular formula is C16H27NO. The van der Waals surface area contributed by atoms with Crippen LogP contribution in [-0.4, -0.2) is 6.61 Å². The lowest BCUT2D eigenvalue weighted by molar-refractivity contribution is 0.233. The number of hydrogen-bond donors (Lipinski definition) is 1. The Morgan fingerprint density at radius 2 is 2.06 bits per heavy atom. The summed E-state index contributed by atoms with van der Waals surface area (Å²) < 4.78 is 5.90. The van der Waals surface area contributed by atoms with Gasteiger partial charge in [0.2, 0.25) is 0 Å². The standard InChI is InChI=1S/C16H27NO/c1-4-6-7-14(5-2)12-18-16-9-8-15(11-17)13(3)10-16/h8-10,14H,4-7,11-12,17H2,1-3H3. The molecule has 0 amide bonds. The molecule has 1 rings (SSSR count). The van der Waals surface area contributed by atoms with Crippen LogP contribution in [0.2, 0.25) is 0 Å². The molecule has 0 aliphatic rings. The van der Waals surface area contributed by atoms with Crippen LogP contribution in [0.5, 0.6) is 5.75 Å². The van der Waals surface area contributed by atoms with Crippen molar-refractivity contribution in [2.45, 2.75) is 53.0 Å². The van der Waals surface area contributed by atoms with E-state index >= 15 is 0 Å². The zero-order valence-electron chi connectivity index (χ0n) is 12.0. The Hall–Kier alpha value is -1.02. The molecule has 0 heterocycles. The summed E-state index contributed by atoms with van der Waals surface area (Å²) in [5.74, 6) is 1.65. The molecule has 0 aliphatic carbocycles. The van der Waals surface area contributed by atoms with Crippen LogP contribution in [0, 0.1) is 12.8 Å². The first-order valence-corrected chi connectivity index (χ1v) is 7.13. The van der Waals surface area contributed by atoms with Gasteiger partial charge in [-0.2, -0.15) is 0 Å². The summed E-state index contributed by atoms with van der Waals surface area (Å²) >= 11 is 0. The topological polar surface area (TPSA) is 35.2 Å². The molecular weight excluding hydrogens is 222 g/mol. The molecule has 0 bridgehead atoms. The molecule has 102 valence electrons. The molecule has 0 saturated carbocycles. The van der Waals surface area contributed by atoms with Gasteiger partial charge in [-0.1, -0.05) is 39.2 Å². The van der Waals surface area contributed by atoms with E-state index in [0.29, 0.717) is 12.5 Å². The Morgan fingerprint density at radius 3 is 2.61 bits per heavy atom. The minimum absolute atomic E-state index is 0.597. The van der Waals surface area contributed by atoms with Crippen molar-refractivity contribution in [3.05, 3.63) is 29.3 Å². The summed E-state index contributed by atoms with van der Waals surface area (Å²) in [5, 5.41) is 0. The van der Waals surface area contributed by atoms with E-state index in [0.717, 1.165) is 12.4 Å². The normalized spacial score (nSPS) is 12.4. The first-order valence-electron chi connectivity index (χ1n) is 7.13. The summed E-state index contributed by atoms with van der Waals surface area (Å²) in [6, 6.07) is 6.19. The van der Waals surface area contributed by atoms with E-state index in [1.54, 1.807) is 0 Å². The third-order valence-corrected chi connectivity index (χ3v) is 3.56. The number of benzene rings is 1. The molecule has 18 heavy (non-hydrogen) atoms. The highest BCUT2D eigenvalue weighted by molar-refractivity contribution is 5.34. The smallest absolute Gasteiger partial charge is 0.119 e. The monoisotopic (exact) mass is 249 g/mol. The Morgan fingerprint density at radius 1 is 1.28 bits per heavy atom. The van der Waals surface area contributed by atoms with Crippen LogP contribution >= 0.6 is 0 Å². The molecule has 2 nitrogen and oxygen atoms in total. The molecule has 0 spiro atoms. The van der Waals surface area contributed by atoms with Crippen molar-refractivity contribution in [3.8, 4) is 5.75 Å². The second kappa shape index (κ2) is 8.15. The fourth-order valence-electron chi connectivity index (χ4n) is 2.10. The van der Waals surface area contributed by atoms with Crippen LogP contribution in [0.15, 0.2) is 18.2 Å². The highest BCUT2D eigenvalue weighted by Gasteiger charge is 2.07. The Balaban J connectivity index is 2.49. The molecule has 0 radical (unpaired) electrons. The molecule has 0 fully saturated rings. The zero-order chi connectivity index (χ0) is 13.4. The van der Waals surface area contributed by atoms with Crippen LogP contribution in [0.4, 0.5) is 0 Å². The highest BCUT2D eigenvalue weighted by Crippen LogP contribution is 2.19. The van der Waals surface area contributed by atoms with Gasteiger partial charge in [0.1, 0.15) is 5.75 Å². The quantitative estimate of drug-likeness (QED) is 0.754. The van der Waals surface area contributed by atoms with Gasteiger partial charge in [0, 0.05) is 6.54 Å². The molecule has 2 N–H and O–H groups in total. The Bertz CT molecular complexity index is 349. The minimum atomic E-state index is 0.597. The van der Waals surface area contributed by atoms with Crippen molar-refractivity contribution in [1.29, 1.82) is 0 Å². The fourth-order valence-corrected chi connectivity index (χ4v) is 2.10. The number of ether oxygens (including phenoxy) is 1. The van der Waals surface area contributed by atoms with Gasteiger partial charge in [-0.15, -0.1) is 0 Å². The van der Waals surface area contributed by atoms with Crippen molar-refractivity contribution in [2.24, 2.45) is 11.7 Å². The van der Waals surface area contributed by atoms with Crippen molar-refractivity contribution in [2.75, 3.05) is 6.61 Å². The Labute approximate surface area is 112 Å². The van der Waals surface area contributed by atoms with E-state index in [2.05, 4.69) is 32.9 Å². The predicted octanol–water partition coefficient (Wildman–Crippen LogP) is 4.05. The molecule has 0 aromatic heterocycles. The summed E-state index contributed by atoms with van der Waals surface area (Å²) in [5.41, 5.74) is 8.07. The molecule has 1 aromatic rings. The Kier molecular flexibility index (Phi) is 6.81. The van der Waals surface area contributed by atoms with E-state index in [1.807, 2.05) is 6.07 Å². The first kappa shape index (κ1) is 15.0. The zero-order valence-corrected chi connectivity index (χ0v) is 12.0. The summed E-state index contributed by atoms with van der Waals surface area (Å²) in [6.45, 7) is 8.00. The maximum Gasteiger partial charge on any atom is 0.119 e. The lowest BCUT2D eigenvalue weighted by Crippen LogP contribution is -2.11. The van der Waals surface area contributed by atoms with E-state index < -0.39 is 0 Å². The van der Waals surface area contributed by atoms with Crippen molar-refractivity contribution < 1.29 is 4.74 Å². The van der Waals surface area contributed by atoms with E-state index in [9.17, 15) is 0 Å². The SMILES string of the molecule is CCCCC(CC)COc1ccc(CN)c(C)c1. The van der Waals surface area contributed by atoms with Gasteiger partial charge < -0.3 is 10.5 Å². The van der Waals surface area contributed by atoms with Gasteiger partial charge in [-0.3, -0.25) is 0 Å². The van der Waals surface area contributed by atoms with Crippen LogP contribution < -0.4 is 10.5 Å². The lowest BCUT2D eigenvalue weighted by atomic mass is 10.0. The summed E-state index contributed by atoms with van der Waals surface area (Å²) in [4.78, 5) is 0. The van der Waals surface area contributed by atoms with Crippen molar-refractivity contribution in [3.63, 3.8) is 0 Å². The third kappa shape index (κ3) is 4.69. The third-order valence-electron chi connectivity index (χ3n) is 3.56. The molecule has 1 unspecified atom stereocenters. The van der Waals surface area contributed by atoms with Crippen LogP contribution in [0.25, 0.3) is 0 Å². The van der Waals surface area contributed by atoms with Crippen LogP contribution in [0.3, 0.4) is 0 Å². The summed E-state index contributed by atoms with van der Waals surface area (Å²) in [7, 11) is 0. The molecule has 2 heteroatoms. The average molecular weight is 249 g/mol. The number of hydrogen-bond acceptors (Lipinski definition) is 2. The van der Waals surface area contributed by atoms with Gasteiger partial charge in [-0.25, -0.2) is 0 Å².